The number of ether oxygens (including phenoxy) is 1. The zero-order valence-corrected chi connectivity index (χ0v) is 13.7. The van der Waals surface area contributed by atoms with Crippen molar-refractivity contribution < 1.29 is 9.53 Å². The third-order valence-electron chi connectivity index (χ3n) is 3.58. The predicted octanol–water partition coefficient (Wildman–Crippen LogP) is 3.21. The summed E-state index contributed by atoms with van der Waals surface area (Å²) in [6, 6.07) is 9.48. The molecule has 6 heteroatoms. The molecule has 0 aliphatic carbocycles. The number of carbonyl (C=O) groups is 1. The van der Waals surface area contributed by atoms with Gasteiger partial charge >= 0.3 is 5.97 Å². The number of aryl methyl sites for hydroxylation is 2. The monoisotopic (exact) mass is 328 g/mol. The number of fused-ring (bicyclic) bond motifs is 1. The van der Waals surface area contributed by atoms with E-state index in [1.165, 1.54) is 11.3 Å². The molecule has 3 aromatic rings. The first-order valence-electron chi connectivity index (χ1n) is 7.33. The molecule has 1 N–H and O–H groups in total. The molecule has 3 rings (SSSR count). The van der Waals surface area contributed by atoms with E-state index in [1.807, 2.05) is 37.3 Å². The molecular weight excluding hydrogens is 312 g/mol. The SMILES string of the molecule is CCc1nc2sc(C(=O)OCc3ccccc3)c(C)c2c(=O)[nH]1. The van der Waals surface area contributed by atoms with Crippen LogP contribution in [0.5, 0.6) is 0 Å². The van der Waals surface area contributed by atoms with Gasteiger partial charge in [-0.3, -0.25) is 4.79 Å². The van der Waals surface area contributed by atoms with Gasteiger partial charge in [-0.05, 0) is 18.1 Å². The molecule has 0 saturated heterocycles. The molecule has 0 saturated carbocycles. The molecule has 0 atom stereocenters. The van der Waals surface area contributed by atoms with Crippen molar-refractivity contribution in [2.75, 3.05) is 0 Å². The average Bonchev–Trinajstić information content (AvgIpc) is 2.90. The van der Waals surface area contributed by atoms with Crippen molar-refractivity contribution in [3.63, 3.8) is 0 Å². The van der Waals surface area contributed by atoms with E-state index in [2.05, 4.69) is 9.97 Å². The van der Waals surface area contributed by atoms with Gasteiger partial charge in [0.1, 0.15) is 22.1 Å². The lowest BCUT2D eigenvalue weighted by molar-refractivity contribution is 0.0478. The van der Waals surface area contributed by atoms with Crippen molar-refractivity contribution in [1.82, 2.24) is 9.97 Å². The lowest BCUT2D eigenvalue weighted by Crippen LogP contribution is -2.11. The van der Waals surface area contributed by atoms with Gasteiger partial charge in [0.25, 0.3) is 5.56 Å². The van der Waals surface area contributed by atoms with Gasteiger partial charge in [0.05, 0.1) is 5.39 Å². The van der Waals surface area contributed by atoms with Crippen LogP contribution in [-0.2, 0) is 17.8 Å². The molecule has 0 radical (unpaired) electrons. The highest BCUT2D eigenvalue weighted by Crippen LogP contribution is 2.27. The van der Waals surface area contributed by atoms with Crippen molar-refractivity contribution >= 4 is 27.5 Å². The Morgan fingerprint density at radius 2 is 2.04 bits per heavy atom. The quantitative estimate of drug-likeness (QED) is 0.747. The van der Waals surface area contributed by atoms with Crippen LogP contribution in [0.25, 0.3) is 10.2 Å². The number of carbonyl (C=O) groups excluding carboxylic acids is 1. The second-order valence-electron chi connectivity index (χ2n) is 5.16. The van der Waals surface area contributed by atoms with Crippen LogP contribution < -0.4 is 5.56 Å². The van der Waals surface area contributed by atoms with E-state index < -0.39 is 5.97 Å². The summed E-state index contributed by atoms with van der Waals surface area (Å²) in [5.41, 5.74) is 1.34. The van der Waals surface area contributed by atoms with Crippen molar-refractivity contribution in [3.05, 3.63) is 62.5 Å². The molecule has 118 valence electrons. The van der Waals surface area contributed by atoms with Crippen LogP contribution in [0, 0.1) is 6.92 Å². The fourth-order valence-electron chi connectivity index (χ4n) is 2.34. The summed E-state index contributed by atoms with van der Waals surface area (Å²) in [6.07, 6.45) is 0.635. The first kappa shape index (κ1) is 15.4. The molecule has 2 aromatic heterocycles. The second kappa shape index (κ2) is 6.34. The van der Waals surface area contributed by atoms with Gasteiger partial charge in [-0.2, -0.15) is 0 Å². The molecule has 0 amide bonds. The minimum Gasteiger partial charge on any atom is -0.457 e. The minimum absolute atomic E-state index is 0.206. The maximum atomic E-state index is 12.3. The Hall–Kier alpha value is -2.47. The van der Waals surface area contributed by atoms with Gasteiger partial charge in [0.2, 0.25) is 0 Å². The first-order chi connectivity index (χ1) is 11.1. The topological polar surface area (TPSA) is 72.0 Å². The van der Waals surface area contributed by atoms with Crippen LogP contribution in [0.4, 0.5) is 0 Å². The summed E-state index contributed by atoms with van der Waals surface area (Å²) >= 11 is 1.21. The summed E-state index contributed by atoms with van der Waals surface area (Å²) in [6.45, 7) is 3.87. The molecule has 23 heavy (non-hydrogen) atoms. The Morgan fingerprint density at radius 3 is 2.74 bits per heavy atom. The van der Waals surface area contributed by atoms with Crippen LogP contribution in [-0.4, -0.2) is 15.9 Å². The number of nitrogens with zero attached hydrogens (tertiary/aromatic N) is 1. The average molecular weight is 328 g/mol. The number of rotatable bonds is 4. The van der Waals surface area contributed by atoms with E-state index in [1.54, 1.807) is 6.92 Å². The minimum atomic E-state index is -0.424. The summed E-state index contributed by atoms with van der Waals surface area (Å²) < 4.78 is 5.35. The fraction of sp³-hybridized carbons (Fsp3) is 0.235. The number of thiophene rings is 1. The zero-order chi connectivity index (χ0) is 16.4. The van der Waals surface area contributed by atoms with Gasteiger partial charge in [0, 0.05) is 6.42 Å². The third kappa shape index (κ3) is 3.03. The first-order valence-corrected chi connectivity index (χ1v) is 8.15. The second-order valence-corrected chi connectivity index (χ2v) is 6.16. The standard InChI is InChI=1S/C17H16N2O3S/c1-3-12-18-15(20)13-10(2)14(23-16(13)19-12)17(21)22-9-11-7-5-4-6-8-11/h4-8H,3,9H2,1-2H3,(H,18,19,20). The largest absolute Gasteiger partial charge is 0.457 e. The number of benzene rings is 1. The van der Waals surface area contributed by atoms with E-state index in [9.17, 15) is 9.59 Å². The van der Waals surface area contributed by atoms with Gasteiger partial charge in [-0.1, -0.05) is 37.3 Å². The summed E-state index contributed by atoms with van der Waals surface area (Å²) in [5.74, 6) is 0.194. The molecular formula is C17H16N2O3S. The molecule has 0 aliphatic heterocycles. The smallest absolute Gasteiger partial charge is 0.349 e. The molecule has 5 nitrogen and oxygen atoms in total. The Balaban J connectivity index is 1.90. The Bertz CT molecular complexity index is 913. The summed E-state index contributed by atoms with van der Waals surface area (Å²) in [5, 5.41) is 0.471. The Morgan fingerprint density at radius 1 is 1.30 bits per heavy atom. The fourth-order valence-corrected chi connectivity index (χ4v) is 3.43. The van der Waals surface area contributed by atoms with Crippen molar-refractivity contribution in [2.24, 2.45) is 0 Å². The lowest BCUT2D eigenvalue weighted by Gasteiger charge is -2.03. The number of hydrogen-bond donors (Lipinski definition) is 1. The summed E-state index contributed by atoms with van der Waals surface area (Å²) in [4.78, 5) is 32.6. The number of aromatic nitrogens is 2. The predicted molar refractivity (Wildman–Crippen MR) is 89.9 cm³/mol. The molecule has 0 unspecified atom stereocenters. The van der Waals surface area contributed by atoms with Crippen molar-refractivity contribution in [1.29, 1.82) is 0 Å². The molecule has 1 aromatic carbocycles. The molecule has 2 heterocycles. The number of hydrogen-bond acceptors (Lipinski definition) is 5. The van der Waals surface area contributed by atoms with Crippen LogP contribution in [0.2, 0.25) is 0 Å². The third-order valence-corrected chi connectivity index (χ3v) is 4.75. The van der Waals surface area contributed by atoms with E-state index in [0.29, 0.717) is 32.9 Å². The Kier molecular flexibility index (Phi) is 4.25. The maximum absolute atomic E-state index is 12.3. The van der Waals surface area contributed by atoms with Crippen LogP contribution in [0.3, 0.4) is 0 Å². The number of aromatic amines is 1. The van der Waals surface area contributed by atoms with Crippen LogP contribution in [0.1, 0.15) is 33.5 Å². The van der Waals surface area contributed by atoms with E-state index in [-0.39, 0.29) is 12.2 Å². The molecule has 0 bridgehead atoms. The van der Waals surface area contributed by atoms with Crippen LogP contribution in [0.15, 0.2) is 35.1 Å². The molecule has 0 aliphatic rings. The lowest BCUT2D eigenvalue weighted by atomic mass is 10.2. The normalized spacial score (nSPS) is 10.9. The van der Waals surface area contributed by atoms with Crippen molar-refractivity contribution in [2.45, 2.75) is 26.9 Å². The van der Waals surface area contributed by atoms with Crippen LogP contribution >= 0.6 is 11.3 Å². The number of esters is 1. The summed E-state index contributed by atoms with van der Waals surface area (Å²) in [7, 11) is 0. The van der Waals surface area contributed by atoms with E-state index in [4.69, 9.17) is 4.74 Å². The van der Waals surface area contributed by atoms with Gasteiger partial charge in [0.15, 0.2) is 0 Å². The van der Waals surface area contributed by atoms with E-state index >= 15 is 0 Å². The van der Waals surface area contributed by atoms with Gasteiger partial charge in [-0.25, -0.2) is 9.78 Å². The van der Waals surface area contributed by atoms with Gasteiger partial charge in [-0.15, -0.1) is 11.3 Å². The Labute approximate surface area is 137 Å². The highest BCUT2D eigenvalue weighted by Gasteiger charge is 2.20. The maximum Gasteiger partial charge on any atom is 0.349 e. The van der Waals surface area contributed by atoms with E-state index in [0.717, 1.165) is 5.56 Å². The number of nitrogens with one attached hydrogen (secondary N) is 1. The van der Waals surface area contributed by atoms with Crippen molar-refractivity contribution in [3.8, 4) is 0 Å². The highest BCUT2D eigenvalue weighted by molar-refractivity contribution is 7.20. The molecule has 0 spiro atoms. The highest BCUT2D eigenvalue weighted by atomic mass is 32.1. The van der Waals surface area contributed by atoms with Gasteiger partial charge < -0.3 is 9.72 Å². The molecule has 0 fully saturated rings. The zero-order valence-electron chi connectivity index (χ0n) is 12.9. The number of H-pyrrole nitrogens is 1.